The van der Waals surface area contributed by atoms with Gasteiger partial charge >= 0.3 is 0 Å². The van der Waals surface area contributed by atoms with Gasteiger partial charge in [-0.15, -0.1) is 11.3 Å². The number of nitrogens with one attached hydrogen (secondary N) is 1. The fraction of sp³-hybridized carbons (Fsp3) is 0.667. The van der Waals surface area contributed by atoms with Crippen LogP contribution in [0.25, 0.3) is 0 Å². The van der Waals surface area contributed by atoms with E-state index in [4.69, 9.17) is 0 Å². The Balaban J connectivity index is 2.50. The first-order chi connectivity index (χ1) is 6.92. The van der Waals surface area contributed by atoms with Crippen LogP contribution in [0.3, 0.4) is 0 Å². The maximum Gasteiger partial charge on any atom is 0.0715 e. The van der Waals surface area contributed by atoms with E-state index in [1.807, 2.05) is 25.2 Å². The Kier molecular flexibility index (Phi) is 4.32. The SMILES string of the molecule is CCc1ccc(C(C)NCC(C)(C)O)s1. The van der Waals surface area contributed by atoms with E-state index >= 15 is 0 Å². The van der Waals surface area contributed by atoms with Crippen molar-refractivity contribution in [1.29, 1.82) is 0 Å². The summed E-state index contributed by atoms with van der Waals surface area (Å²) in [6.45, 7) is 8.56. The summed E-state index contributed by atoms with van der Waals surface area (Å²) in [4.78, 5) is 2.76. The minimum absolute atomic E-state index is 0.321. The molecule has 0 aliphatic carbocycles. The fourth-order valence-electron chi connectivity index (χ4n) is 1.32. The highest BCUT2D eigenvalue weighted by atomic mass is 32.1. The number of thiophene rings is 1. The quantitative estimate of drug-likeness (QED) is 0.810. The Morgan fingerprint density at radius 1 is 1.47 bits per heavy atom. The van der Waals surface area contributed by atoms with E-state index in [0.717, 1.165) is 6.42 Å². The molecule has 0 aromatic carbocycles. The summed E-state index contributed by atoms with van der Waals surface area (Å²) in [5, 5.41) is 12.9. The molecule has 0 aliphatic rings. The average Bonchev–Trinajstić information content (AvgIpc) is 2.61. The predicted octanol–water partition coefficient (Wildman–Crippen LogP) is 2.73. The molecule has 0 bridgehead atoms. The highest BCUT2D eigenvalue weighted by Gasteiger charge is 2.15. The van der Waals surface area contributed by atoms with Gasteiger partial charge in [0.2, 0.25) is 0 Å². The van der Waals surface area contributed by atoms with E-state index in [9.17, 15) is 5.11 Å². The van der Waals surface area contributed by atoms with Crippen LogP contribution in [0.1, 0.15) is 43.5 Å². The molecule has 1 aromatic heterocycles. The van der Waals surface area contributed by atoms with Gasteiger partial charge < -0.3 is 10.4 Å². The van der Waals surface area contributed by atoms with Crippen molar-refractivity contribution in [3.05, 3.63) is 21.9 Å². The number of hydrogen-bond donors (Lipinski definition) is 2. The Bertz CT molecular complexity index is 301. The van der Waals surface area contributed by atoms with E-state index in [1.165, 1.54) is 9.75 Å². The van der Waals surface area contributed by atoms with E-state index in [0.29, 0.717) is 12.6 Å². The molecule has 1 aromatic rings. The van der Waals surface area contributed by atoms with E-state index in [1.54, 1.807) is 0 Å². The van der Waals surface area contributed by atoms with Crippen molar-refractivity contribution in [1.82, 2.24) is 5.32 Å². The van der Waals surface area contributed by atoms with Crippen molar-refractivity contribution in [2.45, 2.75) is 45.8 Å². The van der Waals surface area contributed by atoms with E-state index < -0.39 is 5.60 Å². The van der Waals surface area contributed by atoms with Crippen LogP contribution in [0.15, 0.2) is 12.1 Å². The first kappa shape index (κ1) is 12.7. The van der Waals surface area contributed by atoms with Gasteiger partial charge in [0.25, 0.3) is 0 Å². The molecular formula is C12H21NOS. The topological polar surface area (TPSA) is 32.3 Å². The van der Waals surface area contributed by atoms with Gasteiger partial charge in [0.05, 0.1) is 5.60 Å². The molecule has 0 spiro atoms. The molecule has 0 amide bonds. The minimum Gasteiger partial charge on any atom is -0.389 e. The van der Waals surface area contributed by atoms with E-state index in [-0.39, 0.29) is 0 Å². The lowest BCUT2D eigenvalue weighted by atomic mass is 10.1. The monoisotopic (exact) mass is 227 g/mol. The van der Waals surface area contributed by atoms with Crippen LogP contribution >= 0.6 is 11.3 Å². The number of rotatable bonds is 5. The summed E-state index contributed by atoms with van der Waals surface area (Å²) in [5.74, 6) is 0. The van der Waals surface area contributed by atoms with Gasteiger partial charge in [-0.1, -0.05) is 6.92 Å². The molecule has 0 saturated heterocycles. The van der Waals surface area contributed by atoms with Crippen molar-refractivity contribution in [3.63, 3.8) is 0 Å². The molecule has 0 radical (unpaired) electrons. The molecule has 1 unspecified atom stereocenters. The average molecular weight is 227 g/mol. The van der Waals surface area contributed by atoms with Gasteiger partial charge in [0.15, 0.2) is 0 Å². The highest BCUT2D eigenvalue weighted by molar-refractivity contribution is 7.12. The molecule has 0 aliphatic heterocycles. The molecule has 3 heteroatoms. The molecule has 1 atom stereocenters. The third-order valence-electron chi connectivity index (χ3n) is 2.30. The molecule has 1 heterocycles. The van der Waals surface area contributed by atoms with Gasteiger partial charge in [-0.2, -0.15) is 0 Å². The summed E-state index contributed by atoms with van der Waals surface area (Å²) >= 11 is 1.85. The first-order valence-electron chi connectivity index (χ1n) is 5.47. The normalized spacial score (nSPS) is 14.2. The Hall–Kier alpha value is -0.380. The zero-order valence-corrected chi connectivity index (χ0v) is 10.8. The lowest BCUT2D eigenvalue weighted by Gasteiger charge is -2.21. The number of aliphatic hydroxyl groups is 1. The van der Waals surface area contributed by atoms with Crippen molar-refractivity contribution in [2.24, 2.45) is 0 Å². The largest absolute Gasteiger partial charge is 0.389 e. The Labute approximate surface area is 96.3 Å². The van der Waals surface area contributed by atoms with Gasteiger partial charge in [-0.05, 0) is 39.3 Å². The Morgan fingerprint density at radius 3 is 2.60 bits per heavy atom. The van der Waals surface area contributed by atoms with Crippen LogP contribution in [0.5, 0.6) is 0 Å². The predicted molar refractivity (Wildman–Crippen MR) is 66.4 cm³/mol. The second-order valence-electron chi connectivity index (χ2n) is 4.57. The molecule has 2 nitrogen and oxygen atoms in total. The second kappa shape index (κ2) is 5.10. The summed E-state index contributed by atoms with van der Waals surface area (Å²) in [6.07, 6.45) is 1.10. The highest BCUT2D eigenvalue weighted by Crippen LogP contribution is 2.23. The number of aryl methyl sites for hydroxylation is 1. The number of hydrogen-bond acceptors (Lipinski definition) is 3. The second-order valence-corrected chi connectivity index (χ2v) is 5.77. The molecule has 2 N–H and O–H groups in total. The summed E-state index contributed by atoms with van der Waals surface area (Å²) in [6, 6.07) is 4.68. The third kappa shape index (κ3) is 4.33. The van der Waals surface area contributed by atoms with Crippen molar-refractivity contribution in [2.75, 3.05) is 6.54 Å². The summed E-state index contributed by atoms with van der Waals surface area (Å²) in [5.41, 5.74) is -0.640. The van der Waals surface area contributed by atoms with Gasteiger partial charge in [-0.3, -0.25) is 0 Å². The fourth-order valence-corrected chi connectivity index (χ4v) is 2.30. The van der Waals surface area contributed by atoms with E-state index in [2.05, 4.69) is 31.3 Å². The standard InChI is InChI=1S/C12H21NOS/c1-5-10-6-7-11(15-10)9(2)13-8-12(3,4)14/h6-7,9,13-14H,5,8H2,1-4H3. The molecule has 0 saturated carbocycles. The molecule has 1 rings (SSSR count). The lowest BCUT2D eigenvalue weighted by Crippen LogP contribution is -2.35. The van der Waals surface area contributed by atoms with Crippen LogP contribution in [-0.4, -0.2) is 17.3 Å². The third-order valence-corrected chi connectivity index (χ3v) is 3.71. The Morgan fingerprint density at radius 2 is 2.13 bits per heavy atom. The van der Waals surface area contributed by atoms with Crippen LogP contribution in [0.2, 0.25) is 0 Å². The van der Waals surface area contributed by atoms with Crippen LogP contribution in [0, 0.1) is 0 Å². The summed E-state index contributed by atoms with van der Waals surface area (Å²) < 4.78 is 0. The lowest BCUT2D eigenvalue weighted by molar-refractivity contribution is 0.0771. The molecule has 15 heavy (non-hydrogen) atoms. The first-order valence-corrected chi connectivity index (χ1v) is 6.28. The summed E-state index contributed by atoms with van der Waals surface area (Å²) in [7, 11) is 0. The van der Waals surface area contributed by atoms with Crippen LogP contribution in [0.4, 0.5) is 0 Å². The molecule has 0 fully saturated rings. The molecule has 86 valence electrons. The van der Waals surface area contributed by atoms with Gasteiger partial charge in [0, 0.05) is 22.3 Å². The molecular weight excluding hydrogens is 206 g/mol. The van der Waals surface area contributed by atoms with Crippen molar-refractivity contribution < 1.29 is 5.11 Å². The van der Waals surface area contributed by atoms with Gasteiger partial charge in [-0.25, -0.2) is 0 Å². The minimum atomic E-state index is -0.640. The van der Waals surface area contributed by atoms with Crippen molar-refractivity contribution >= 4 is 11.3 Å². The zero-order chi connectivity index (χ0) is 11.5. The van der Waals surface area contributed by atoms with Gasteiger partial charge in [0.1, 0.15) is 0 Å². The van der Waals surface area contributed by atoms with Crippen LogP contribution in [-0.2, 0) is 6.42 Å². The smallest absolute Gasteiger partial charge is 0.0715 e. The maximum atomic E-state index is 9.61. The van der Waals surface area contributed by atoms with Crippen molar-refractivity contribution in [3.8, 4) is 0 Å². The van der Waals surface area contributed by atoms with Crippen LogP contribution < -0.4 is 5.32 Å². The maximum absolute atomic E-state index is 9.61. The zero-order valence-electron chi connectivity index (χ0n) is 10.0.